The van der Waals surface area contributed by atoms with E-state index in [9.17, 15) is 14.7 Å². The maximum atomic E-state index is 11.7. The van der Waals surface area contributed by atoms with E-state index in [-0.39, 0.29) is 22.7 Å². The van der Waals surface area contributed by atoms with Crippen molar-refractivity contribution in [2.24, 2.45) is 0 Å². The normalized spacial score (nSPS) is 13.7. The SMILES string of the molecule is CC(=O)c1cccc(NC(=O)CSC(C)C(C)O)c1. The Morgan fingerprint density at radius 2 is 2.05 bits per heavy atom. The van der Waals surface area contributed by atoms with Gasteiger partial charge in [-0.1, -0.05) is 19.1 Å². The number of rotatable bonds is 6. The van der Waals surface area contributed by atoms with Gasteiger partial charge in [-0.15, -0.1) is 11.8 Å². The molecule has 5 heteroatoms. The van der Waals surface area contributed by atoms with Gasteiger partial charge in [0, 0.05) is 16.5 Å². The molecular formula is C14H19NO3S. The molecule has 0 aliphatic carbocycles. The van der Waals surface area contributed by atoms with E-state index >= 15 is 0 Å². The van der Waals surface area contributed by atoms with Gasteiger partial charge in [0.15, 0.2) is 5.78 Å². The molecule has 1 rings (SSSR count). The number of amides is 1. The quantitative estimate of drug-likeness (QED) is 0.785. The molecule has 0 fully saturated rings. The molecule has 0 radical (unpaired) electrons. The van der Waals surface area contributed by atoms with Gasteiger partial charge in [0.1, 0.15) is 0 Å². The summed E-state index contributed by atoms with van der Waals surface area (Å²) in [7, 11) is 0. The van der Waals surface area contributed by atoms with Gasteiger partial charge >= 0.3 is 0 Å². The Bertz CT molecular complexity index is 460. The van der Waals surface area contributed by atoms with Gasteiger partial charge in [0.2, 0.25) is 5.91 Å². The van der Waals surface area contributed by atoms with Crippen molar-refractivity contribution in [3.63, 3.8) is 0 Å². The van der Waals surface area contributed by atoms with Gasteiger partial charge < -0.3 is 10.4 Å². The molecule has 0 bridgehead atoms. The average molecular weight is 281 g/mol. The number of aliphatic hydroxyl groups excluding tert-OH is 1. The Morgan fingerprint density at radius 1 is 1.37 bits per heavy atom. The zero-order valence-corrected chi connectivity index (χ0v) is 12.2. The number of carbonyl (C=O) groups is 2. The molecule has 4 nitrogen and oxygen atoms in total. The predicted molar refractivity (Wildman–Crippen MR) is 78.7 cm³/mol. The van der Waals surface area contributed by atoms with Crippen LogP contribution in [0.3, 0.4) is 0 Å². The number of ketones is 1. The molecule has 2 N–H and O–H groups in total. The lowest BCUT2D eigenvalue weighted by Gasteiger charge is -2.13. The summed E-state index contributed by atoms with van der Waals surface area (Å²) in [6.07, 6.45) is -0.446. The zero-order valence-electron chi connectivity index (χ0n) is 11.3. The van der Waals surface area contributed by atoms with Crippen LogP contribution in [0.5, 0.6) is 0 Å². The van der Waals surface area contributed by atoms with Crippen molar-refractivity contribution < 1.29 is 14.7 Å². The van der Waals surface area contributed by atoms with Crippen LogP contribution in [0.25, 0.3) is 0 Å². The van der Waals surface area contributed by atoms with Crippen LogP contribution < -0.4 is 5.32 Å². The molecule has 0 spiro atoms. The third kappa shape index (κ3) is 5.44. The van der Waals surface area contributed by atoms with Crippen LogP contribution in [0, 0.1) is 0 Å². The second kappa shape index (κ2) is 7.31. The lowest BCUT2D eigenvalue weighted by molar-refractivity contribution is -0.113. The maximum Gasteiger partial charge on any atom is 0.234 e. The Hall–Kier alpha value is -1.33. The van der Waals surface area contributed by atoms with E-state index in [0.29, 0.717) is 11.3 Å². The molecule has 0 aromatic heterocycles. The predicted octanol–water partition coefficient (Wildman–Crippen LogP) is 2.33. The summed E-state index contributed by atoms with van der Waals surface area (Å²) in [6, 6.07) is 6.84. The highest BCUT2D eigenvalue weighted by Gasteiger charge is 2.12. The van der Waals surface area contributed by atoms with Crippen LogP contribution in [0.2, 0.25) is 0 Å². The molecule has 0 aliphatic heterocycles. The number of benzene rings is 1. The van der Waals surface area contributed by atoms with E-state index in [0.717, 1.165) is 0 Å². The van der Waals surface area contributed by atoms with Gasteiger partial charge in [-0.25, -0.2) is 0 Å². The fraction of sp³-hybridized carbons (Fsp3) is 0.429. The minimum atomic E-state index is -0.446. The summed E-state index contributed by atoms with van der Waals surface area (Å²) in [5.41, 5.74) is 1.19. The Labute approximate surface area is 117 Å². The molecule has 0 aliphatic rings. The van der Waals surface area contributed by atoms with Crippen LogP contribution in [-0.4, -0.2) is 33.9 Å². The third-order valence-electron chi connectivity index (χ3n) is 2.71. The second-order valence-electron chi connectivity index (χ2n) is 4.44. The summed E-state index contributed by atoms with van der Waals surface area (Å²) in [5.74, 6) is 0.0995. The van der Waals surface area contributed by atoms with Gasteiger partial charge in [-0.2, -0.15) is 0 Å². The number of carbonyl (C=O) groups excluding carboxylic acids is 2. The Kier molecular flexibility index (Phi) is 6.05. The highest BCUT2D eigenvalue weighted by molar-refractivity contribution is 8.00. The zero-order chi connectivity index (χ0) is 14.4. The lowest BCUT2D eigenvalue weighted by Crippen LogP contribution is -2.20. The van der Waals surface area contributed by atoms with Gasteiger partial charge in [-0.05, 0) is 26.0 Å². The van der Waals surface area contributed by atoms with Gasteiger partial charge in [0.25, 0.3) is 0 Å². The number of aliphatic hydroxyl groups is 1. The molecule has 104 valence electrons. The van der Waals surface area contributed by atoms with E-state index in [2.05, 4.69) is 5.32 Å². The van der Waals surface area contributed by atoms with E-state index in [4.69, 9.17) is 0 Å². The van der Waals surface area contributed by atoms with E-state index in [1.54, 1.807) is 31.2 Å². The van der Waals surface area contributed by atoms with Gasteiger partial charge in [0.05, 0.1) is 11.9 Å². The van der Waals surface area contributed by atoms with Crippen molar-refractivity contribution in [3.05, 3.63) is 29.8 Å². The Morgan fingerprint density at radius 3 is 2.63 bits per heavy atom. The number of hydrogen-bond donors (Lipinski definition) is 2. The number of hydrogen-bond acceptors (Lipinski definition) is 4. The first-order valence-electron chi connectivity index (χ1n) is 6.10. The van der Waals surface area contributed by atoms with Crippen molar-refractivity contribution in [2.45, 2.75) is 32.1 Å². The molecule has 0 saturated carbocycles. The van der Waals surface area contributed by atoms with E-state index in [1.165, 1.54) is 18.7 Å². The molecule has 0 heterocycles. The molecule has 1 aromatic carbocycles. The first kappa shape index (κ1) is 15.7. The lowest BCUT2D eigenvalue weighted by atomic mass is 10.1. The minimum absolute atomic E-state index is 0.00861. The largest absolute Gasteiger partial charge is 0.392 e. The summed E-state index contributed by atoms with van der Waals surface area (Å²) >= 11 is 1.39. The van der Waals surface area contributed by atoms with Crippen LogP contribution in [0.4, 0.5) is 5.69 Å². The maximum absolute atomic E-state index is 11.7. The first-order valence-corrected chi connectivity index (χ1v) is 7.15. The molecular weight excluding hydrogens is 262 g/mol. The first-order chi connectivity index (χ1) is 8.90. The van der Waals surface area contributed by atoms with Crippen molar-refractivity contribution in [1.29, 1.82) is 0 Å². The summed E-state index contributed by atoms with van der Waals surface area (Å²) < 4.78 is 0. The topological polar surface area (TPSA) is 66.4 Å². The van der Waals surface area contributed by atoms with Crippen LogP contribution in [0.1, 0.15) is 31.1 Å². The number of nitrogens with one attached hydrogen (secondary N) is 1. The highest BCUT2D eigenvalue weighted by atomic mass is 32.2. The van der Waals surface area contributed by atoms with Crippen molar-refractivity contribution in [2.75, 3.05) is 11.1 Å². The second-order valence-corrected chi connectivity index (χ2v) is 5.81. The molecule has 1 amide bonds. The van der Waals surface area contributed by atoms with E-state index < -0.39 is 6.10 Å². The molecule has 2 unspecified atom stereocenters. The molecule has 19 heavy (non-hydrogen) atoms. The Balaban J connectivity index is 2.53. The standard InChI is InChI=1S/C14H19NO3S/c1-9(16)11(3)19-8-14(18)15-13-6-4-5-12(7-13)10(2)17/h4-7,9,11,16H,8H2,1-3H3,(H,15,18). The van der Waals surface area contributed by atoms with Crippen LogP contribution >= 0.6 is 11.8 Å². The monoisotopic (exact) mass is 281 g/mol. The van der Waals surface area contributed by atoms with Crippen LogP contribution in [0.15, 0.2) is 24.3 Å². The van der Waals surface area contributed by atoms with Gasteiger partial charge in [-0.3, -0.25) is 9.59 Å². The van der Waals surface area contributed by atoms with Crippen molar-refractivity contribution in [3.8, 4) is 0 Å². The average Bonchev–Trinajstić information content (AvgIpc) is 2.36. The summed E-state index contributed by atoms with van der Waals surface area (Å²) in [5, 5.41) is 12.1. The smallest absolute Gasteiger partial charge is 0.234 e. The molecule has 1 aromatic rings. The van der Waals surface area contributed by atoms with Crippen molar-refractivity contribution >= 4 is 29.1 Å². The fourth-order valence-electron chi connectivity index (χ4n) is 1.36. The number of Topliss-reactive ketones (excluding diaryl/α,β-unsaturated/α-hetero) is 1. The number of anilines is 1. The summed E-state index contributed by atoms with van der Waals surface area (Å²) in [4.78, 5) is 23.0. The molecule has 0 saturated heterocycles. The van der Waals surface area contributed by atoms with Crippen molar-refractivity contribution in [1.82, 2.24) is 0 Å². The van der Waals surface area contributed by atoms with E-state index in [1.807, 2.05) is 6.92 Å². The minimum Gasteiger partial charge on any atom is -0.392 e. The third-order valence-corrected chi connectivity index (χ3v) is 4.06. The molecule has 2 atom stereocenters. The fourth-order valence-corrected chi connectivity index (χ4v) is 2.12. The van der Waals surface area contributed by atoms with Crippen LogP contribution in [-0.2, 0) is 4.79 Å². The summed E-state index contributed by atoms with van der Waals surface area (Å²) in [6.45, 7) is 5.06. The number of thioether (sulfide) groups is 1. The highest BCUT2D eigenvalue weighted by Crippen LogP contribution is 2.16.